The fraction of sp³-hybridized carbons (Fsp3) is 0.241. The van der Waals surface area contributed by atoms with Gasteiger partial charge >= 0.3 is 0 Å². The zero-order chi connectivity index (χ0) is 26.5. The van der Waals surface area contributed by atoms with E-state index in [4.69, 9.17) is 37.7 Å². The van der Waals surface area contributed by atoms with Crippen molar-refractivity contribution in [1.29, 1.82) is 0 Å². The zero-order valence-electron chi connectivity index (χ0n) is 21.1. The highest BCUT2D eigenvalue weighted by atomic mass is 35.5. The number of hydrogen-bond donors (Lipinski definition) is 0. The number of aryl methyl sites for hydroxylation is 1. The molecule has 0 aliphatic carbocycles. The Morgan fingerprint density at radius 1 is 0.973 bits per heavy atom. The van der Waals surface area contributed by atoms with E-state index in [1.54, 1.807) is 17.0 Å². The first-order valence-corrected chi connectivity index (χ1v) is 13.5. The number of hydrogen-bond acceptors (Lipinski definition) is 5. The second-order valence-corrected chi connectivity index (χ2v) is 10.6. The first kappa shape index (κ1) is 27.1. The minimum absolute atomic E-state index is 0.0220. The fourth-order valence-electron chi connectivity index (χ4n) is 3.69. The van der Waals surface area contributed by atoms with E-state index >= 15 is 0 Å². The molecule has 0 N–H and O–H groups in total. The van der Waals surface area contributed by atoms with E-state index < -0.39 is 0 Å². The maximum absolute atomic E-state index is 13.3. The van der Waals surface area contributed by atoms with Crippen LogP contribution in [0.2, 0.25) is 10.0 Å². The molecule has 1 heterocycles. The average Bonchev–Trinajstić information content (AvgIpc) is 3.16. The van der Waals surface area contributed by atoms with Crippen molar-refractivity contribution in [2.75, 3.05) is 6.61 Å². The molecule has 8 heteroatoms. The lowest BCUT2D eigenvalue weighted by molar-refractivity contribution is -0.123. The topological polar surface area (TPSA) is 51.1 Å². The van der Waals surface area contributed by atoms with Crippen molar-refractivity contribution in [3.8, 4) is 11.5 Å². The maximum Gasteiger partial charge on any atom is 0.266 e. The largest absolute Gasteiger partial charge is 0.490 e. The first-order chi connectivity index (χ1) is 17.7. The van der Waals surface area contributed by atoms with Gasteiger partial charge in [-0.1, -0.05) is 53.0 Å². The van der Waals surface area contributed by atoms with E-state index in [2.05, 4.69) is 0 Å². The molecule has 37 heavy (non-hydrogen) atoms. The number of amides is 1. The molecule has 0 spiro atoms. The van der Waals surface area contributed by atoms with Crippen molar-refractivity contribution in [3.63, 3.8) is 0 Å². The lowest BCUT2D eigenvalue weighted by atomic mass is 10.1. The Balaban J connectivity index is 1.58. The molecule has 0 unspecified atom stereocenters. The van der Waals surface area contributed by atoms with Crippen LogP contribution in [0, 0.1) is 6.92 Å². The SMILES string of the molecule is CCOc1cc(/C=C2/SC(=Nc3ccc(C)cc3)N(C(C)C)C2=O)ccc1OCc1ccc(Cl)c(Cl)c1. The summed E-state index contributed by atoms with van der Waals surface area (Å²) in [6.07, 6.45) is 1.87. The molecule has 1 amide bonds. The van der Waals surface area contributed by atoms with Gasteiger partial charge in [-0.2, -0.15) is 0 Å². The Morgan fingerprint density at radius 3 is 2.41 bits per heavy atom. The summed E-state index contributed by atoms with van der Waals surface area (Å²) in [5.74, 6) is 1.14. The Labute approximate surface area is 232 Å². The summed E-state index contributed by atoms with van der Waals surface area (Å²) in [4.78, 5) is 20.4. The average molecular weight is 556 g/mol. The van der Waals surface area contributed by atoms with Crippen LogP contribution in [0.5, 0.6) is 11.5 Å². The van der Waals surface area contributed by atoms with Gasteiger partial charge in [-0.3, -0.25) is 9.69 Å². The van der Waals surface area contributed by atoms with Crippen LogP contribution in [0.25, 0.3) is 6.08 Å². The van der Waals surface area contributed by atoms with E-state index in [1.807, 2.05) is 82.3 Å². The Hall–Kier alpha value is -2.93. The van der Waals surface area contributed by atoms with Crippen molar-refractivity contribution in [3.05, 3.63) is 92.3 Å². The van der Waals surface area contributed by atoms with E-state index in [9.17, 15) is 4.79 Å². The van der Waals surface area contributed by atoms with Crippen LogP contribution in [0.15, 0.2) is 70.6 Å². The number of aliphatic imine (C=N–C) groups is 1. The Bertz CT molecular complexity index is 1350. The number of benzene rings is 3. The summed E-state index contributed by atoms with van der Waals surface area (Å²) >= 11 is 13.5. The van der Waals surface area contributed by atoms with Gasteiger partial charge in [0.25, 0.3) is 5.91 Å². The standard InChI is InChI=1S/C29H28Cl2N2O3S/c1-5-35-26-15-20(9-13-25(26)36-17-21-8-12-23(30)24(31)14-21)16-27-28(34)33(18(2)3)29(37-27)32-22-10-6-19(4)7-11-22/h6-16,18H,5,17H2,1-4H3/b27-16+,32-29?. The molecule has 1 aliphatic heterocycles. The molecule has 3 aromatic carbocycles. The highest BCUT2D eigenvalue weighted by Gasteiger charge is 2.35. The smallest absolute Gasteiger partial charge is 0.266 e. The molecule has 0 saturated carbocycles. The maximum atomic E-state index is 13.3. The molecule has 3 aromatic rings. The van der Waals surface area contributed by atoms with Crippen LogP contribution < -0.4 is 9.47 Å². The molecule has 0 bridgehead atoms. The number of amidine groups is 1. The molecular weight excluding hydrogens is 527 g/mol. The third kappa shape index (κ3) is 6.69. The number of rotatable bonds is 8. The van der Waals surface area contributed by atoms with Crippen LogP contribution in [0.4, 0.5) is 5.69 Å². The Morgan fingerprint density at radius 2 is 1.73 bits per heavy atom. The minimum atomic E-state index is -0.0660. The van der Waals surface area contributed by atoms with E-state index in [1.165, 1.54) is 11.8 Å². The van der Waals surface area contributed by atoms with Crippen molar-refractivity contribution in [2.45, 2.75) is 40.3 Å². The van der Waals surface area contributed by atoms with Gasteiger partial charge in [0, 0.05) is 6.04 Å². The highest BCUT2D eigenvalue weighted by molar-refractivity contribution is 8.18. The quantitative estimate of drug-likeness (QED) is 0.263. The van der Waals surface area contributed by atoms with E-state index in [-0.39, 0.29) is 11.9 Å². The van der Waals surface area contributed by atoms with Crippen molar-refractivity contribution < 1.29 is 14.3 Å². The van der Waals surface area contributed by atoms with Gasteiger partial charge < -0.3 is 9.47 Å². The van der Waals surface area contributed by atoms with Crippen LogP contribution in [-0.2, 0) is 11.4 Å². The number of carbonyl (C=O) groups is 1. The second kappa shape index (κ2) is 12.1. The van der Waals surface area contributed by atoms with Gasteiger partial charge in [0.1, 0.15) is 6.61 Å². The summed E-state index contributed by atoms with van der Waals surface area (Å²) in [5.41, 5.74) is 3.71. The molecule has 192 valence electrons. The fourth-order valence-corrected chi connectivity index (χ4v) is 5.13. The number of carbonyl (C=O) groups excluding carboxylic acids is 1. The molecular formula is C29H28Cl2N2O3S. The van der Waals surface area contributed by atoms with Crippen LogP contribution in [0.1, 0.15) is 37.5 Å². The van der Waals surface area contributed by atoms with Crippen LogP contribution in [-0.4, -0.2) is 28.6 Å². The van der Waals surface area contributed by atoms with Crippen molar-refractivity contribution >= 4 is 57.8 Å². The highest BCUT2D eigenvalue weighted by Crippen LogP contribution is 2.37. The van der Waals surface area contributed by atoms with Gasteiger partial charge in [-0.25, -0.2) is 4.99 Å². The summed E-state index contributed by atoms with van der Waals surface area (Å²) < 4.78 is 11.9. The first-order valence-electron chi connectivity index (χ1n) is 12.0. The monoisotopic (exact) mass is 554 g/mol. The van der Waals surface area contributed by atoms with Gasteiger partial charge in [0.2, 0.25) is 0 Å². The number of halogens is 2. The third-order valence-electron chi connectivity index (χ3n) is 5.56. The molecule has 1 aliphatic rings. The summed E-state index contributed by atoms with van der Waals surface area (Å²) in [6.45, 7) is 8.71. The molecule has 0 aromatic heterocycles. The van der Waals surface area contributed by atoms with Crippen molar-refractivity contribution in [2.24, 2.45) is 4.99 Å². The summed E-state index contributed by atoms with van der Waals surface area (Å²) in [6, 6.07) is 18.9. The predicted octanol–water partition coefficient (Wildman–Crippen LogP) is 8.29. The minimum Gasteiger partial charge on any atom is -0.490 e. The predicted molar refractivity (Wildman–Crippen MR) is 154 cm³/mol. The Kier molecular flexibility index (Phi) is 8.85. The number of thioether (sulfide) groups is 1. The molecule has 4 rings (SSSR count). The third-order valence-corrected chi connectivity index (χ3v) is 7.28. The lowest BCUT2D eigenvalue weighted by Crippen LogP contribution is -2.35. The number of nitrogens with zero attached hydrogens (tertiary/aromatic N) is 2. The molecule has 0 atom stereocenters. The zero-order valence-corrected chi connectivity index (χ0v) is 23.5. The molecule has 1 fully saturated rings. The normalized spacial score (nSPS) is 15.8. The second-order valence-electron chi connectivity index (χ2n) is 8.79. The summed E-state index contributed by atoms with van der Waals surface area (Å²) in [5, 5.41) is 1.65. The van der Waals surface area contributed by atoms with Crippen LogP contribution in [0.3, 0.4) is 0 Å². The summed E-state index contributed by atoms with van der Waals surface area (Å²) in [7, 11) is 0. The van der Waals surface area contributed by atoms with E-state index in [0.29, 0.717) is 44.8 Å². The molecule has 5 nitrogen and oxygen atoms in total. The van der Waals surface area contributed by atoms with Gasteiger partial charge in [-0.05, 0) is 93.1 Å². The van der Waals surface area contributed by atoms with Gasteiger partial charge in [-0.15, -0.1) is 0 Å². The van der Waals surface area contributed by atoms with Crippen LogP contribution >= 0.6 is 35.0 Å². The van der Waals surface area contributed by atoms with Crippen molar-refractivity contribution in [1.82, 2.24) is 4.90 Å². The lowest BCUT2D eigenvalue weighted by Gasteiger charge is -2.19. The van der Waals surface area contributed by atoms with Gasteiger partial charge in [0.15, 0.2) is 16.7 Å². The number of ether oxygens (including phenoxy) is 2. The van der Waals surface area contributed by atoms with Gasteiger partial charge in [0.05, 0.1) is 27.2 Å². The van der Waals surface area contributed by atoms with E-state index in [0.717, 1.165) is 22.4 Å². The molecule has 0 radical (unpaired) electrons. The molecule has 1 saturated heterocycles.